The van der Waals surface area contributed by atoms with Crippen molar-refractivity contribution in [3.63, 3.8) is 0 Å². The minimum absolute atomic E-state index is 0.120. The summed E-state index contributed by atoms with van der Waals surface area (Å²) in [7, 11) is -4.61. The zero-order valence-corrected chi connectivity index (χ0v) is 12.1. The van der Waals surface area contributed by atoms with Crippen LogP contribution in [0, 0.1) is 0 Å². The molecule has 18 heavy (non-hydrogen) atoms. The van der Waals surface area contributed by atoms with Crippen molar-refractivity contribution in [2.45, 2.75) is 58.2 Å². The maximum absolute atomic E-state index is 13.9. The molecule has 0 aromatic rings. The number of alkyl halides is 2. The van der Waals surface area contributed by atoms with Gasteiger partial charge in [0, 0.05) is 0 Å². The van der Waals surface area contributed by atoms with Crippen LogP contribution in [0.5, 0.6) is 0 Å². The summed E-state index contributed by atoms with van der Waals surface area (Å²) in [4.78, 5) is 0. The molecule has 0 aliphatic carbocycles. The second-order valence-corrected chi connectivity index (χ2v) is 6.04. The lowest BCUT2D eigenvalue weighted by atomic mass is 10.1. The highest BCUT2D eigenvalue weighted by Crippen LogP contribution is 2.63. The predicted octanol–water partition coefficient (Wildman–Crippen LogP) is 3.79. The van der Waals surface area contributed by atoms with Gasteiger partial charge in [-0.2, -0.15) is 8.78 Å². The Morgan fingerprint density at radius 3 is 2.06 bits per heavy atom. The molecule has 0 bridgehead atoms. The standard InChI is InChI=1S/C11H23F2O4P/c1-4-7-8-9-10(14)11(12,13)18(15,16-5-2)17-6-3/h10,14H,4-9H2,1-3H3. The number of hydrogen-bond acceptors (Lipinski definition) is 4. The van der Waals surface area contributed by atoms with Crippen LogP contribution in [-0.2, 0) is 13.6 Å². The summed E-state index contributed by atoms with van der Waals surface area (Å²) in [5, 5.41) is 9.51. The first kappa shape index (κ1) is 18.0. The SMILES string of the molecule is CCCCCC(O)C(F)(F)P(=O)(OCC)OCC. The molecule has 0 radical (unpaired) electrons. The van der Waals surface area contributed by atoms with Crippen LogP contribution in [0.1, 0.15) is 46.5 Å². The molecule has 0 saturated heterocycles. The van der Waals surface area contributed by atoms with Gasteiger partial charge in [-0.15, -0.1) is 0 Å². The molecule has 0 aromatic carbocycles. The van der Waals surface area contributed by atoms with E-state index in [0.717, 1.165) is 12.8 Å². The van der Waals surface area contributed by atoms with Gasteiger partial charge in [0.2, 0.25) is 0 Å². The summed E-state index contributed by atoms with van der Waals surface area (Å²) in [6.07, 6.45) is -0.0858. The van der Waals surface area contributed by atoms with Crippen LogP contribution in [0.3, 0.4) is 0 Å². The Bertz CT molecular complexity index is 264. The van der Waals surface area contributed by atoms with Crippen molar-refractivity contribution < 1.29 is 27.5 Å². The fraction of sp³-hybridized carbons (Fsp3) is 1.00. The Kier molecular flexibility index (Phi) is 8.19. The number of rotatable bonds is 10. The Morgan fingerprint density at radius 2 is 1.67 bits per heavy atom. The van der Waals surface area contributed by atoms with Crippen molar-refractivity contribution in [2.75, 3.05) is 13.2 Å². The average Bonchev–Trinajstić information content (AvgIpc) is 2.29. The molecule has 0 amide bonds. The topological polar surface area (TPSA) is 55.8 Å². The third-order valence-corrected chi connectivity index (χ3v) is 4.67. The van der Waals surface area contributed by atoms with Gasteiger partial charge in [0.1, 0.15) is 6.10 Å². The molecular formula is C11H23F2O4P. The molecule has 110 valence electrons. The first-order chi connectivity index (χ1) is 8.35. The second-order valence-electron chi connectivity index (χ2n) is 3.93. The van der Waals surface area contributed by atoms with E-state index >= 15 is 0 Å². The molecule has 0 saturated carbocycles. The van der Waals surface area contributed by atoms with Crippen LogP contribution in [0.2, 0.25) is 0 Å². The summed E-state index contributed by atoms with van der Waals surface area (Å²) in [5.41, 5.74) is -3.87. The largest absolute Gasteiger partial charge is 0.402 e. The molecule has 1 N–H and O–H groups in total. The van der Waals surface area contributed by atoms with Gasteiger partial charge in [-0.3, -0.25) is 4.57 Å². The van der Waals surface area contributed by atoms with E-state index in [4.69, 9.17) is 0 Å². The quantitative estimate of drug-likeness (QED) is 0.491. The minimum Gasteiger partial charge on any atom is -0.386 e. The van der Waals surface area contributed by atoms with Crippen LogP contribution in [0.15, 0.2) is 0 Å². The molecule has 0 heterocycles. The lowest BCUT2D eigenvalue weighted by Crippen LogP contribution is -2.35. The van der Waals surface area contributed by atoms with Crippen molar-refractivity contribution in [3.05, 3.63) is 0 Å². The molecule has 0 fully saturated rings. The Labute approximate surface area is 107 Å². The van der Waals surface area contributed by atoms with Gasteiger partial charge >= 0.3 is 13.3 Å². The van der Waals surface area contributed by atoms with E-state index in [2.05, 4.69) is 9.05 Å². The third kappa shape index (κ3) is 4.57. The number of aliphatic hydroxyl groups excluding tert-OH is 1. The van der Waals surface area contributed by atoms with Gasteiger partial charge in [0.05, 0.1) is 13.2 Å². The molecule has 0 spiro atoms. The zero-order chi connectivity index (χ0) is 14.2. The predicted molar refractivity (Wildman–Crippen MR) is 66.0 cm³/mol. The van der Waals surface area contributed by atoms with Gasteiger partial charge in [-0.25, -0.2) is 0 Å². The lowest BCUT2D eigenvalue weighted by Gasteiger charge is -2.29. The van der Waals surface area contributed by atoms with Crippen molar-refractivity contribution in [2.24, 2.45) is 0 Å². The molecule has 1 atom stereocenters. The van der Waals surface area contributed by atoms with Crippen LogP contribution in [-0.4, -0.2) is 30.1 Å². The normalized spacial score (nSPS) is 14.8. The summed E-state index contributed by atoms with van der Waals surface area (Å²) in [5.74, 6) is 0. The van der Waals surface area contributed by atoms with Gasteiger partial charge < -0.3 is 14.2 Å². The van der Waals surface area contributed by atoms with E-state index in [9.17, 15) is 18.5 Å². The zero-order valence-electron chi connectivity index (χ0n) is 11.2. The molecule has 0 aliphatic rings. The van der Waals surface area contributed by atoms with Crippen molar-refractivity contribution in [1.82, 2.24) is 0 Å². The maximum atomic E-state index is 13.9. The maximum Gasteiger partial charge on any atom is 0.402 e. The average molecular weight is 288 g/mol. The number of halogens is 2. The van der Waals surface area contributed by atoms with E-state index in [-0.39, 0.29) is 19.6 Å². The number of aliphatic hydroxyl groups is 1. The van der Waals surface area contributed by atoms with Crippen molar-refractivity contribution in [3.8, 4) is 0 Å². The first-order valence-electron chi connectivity index (χ1n) is 6.30. The Morgan fingerprint density at radius 1 is 1.17 bits per heavy atom. The van der Waals surface area contributed by atoms with Crippen LogP contribution < -0.4 is 0 Å². The molecule has 0 rings (SSSR count). The fourth-order valence-electron chi connectivity index (χ4n) is 1.49. The summed E-state index contributed by atoms with van der Waals surface area (Å²) in [6, 6.07) is 0. The molecule has 1 unspecified atom stereocenters. The highest BCUT2D eigenvalue weighted by Gasteiger charge is 2.58. The van der Waals surface area contributed by atoms with Crippen LogP contribution in [0.25, 0.3) is 0 Å². The Hall–Kier alpha value is -0.0300. The van der Waals surface area contributed by atoms with Gasteiger partial charge in [-0.1, -0.05) is 26.2 Å². The minimum atomic E-state index is -4.61. The fourth-order valence-corrected chi connectivity index (χ4v) is 3.09. The summed E-state index contributed by atoms with van der Waals surface area (Å²) < 4.78 is 48.9. The van der Waals surface area contributed by atoms with Gasteiger partial charge in [0.15, 0.2) is 0 Å². The molecule has 0 aromatic heterocycles. The first-order valence-corrected chi connectivity index (χ1v) is 7.85. The molecular weight excluding hydrogens is 265 g/mol. The van der Waals surface area contributed by atoms with E-state index < -0.39 is 19.4 Å². The number of unbranched alkanes of at least 4 members (excludes halogenated alkanes) is 2. The van der Waals surface area contributed by atoms with Crippen molar-refractivity contribution >= 4 is 7.60 Å². The van der Waals surface area contributed by atoms with E-state index in [1.807, 2.05) is 6.92 Å². The molecule has 7 heteroatoms. The highest BCUT2D eigenvalue weighted by atomic mass is 31.2. The van der Waals surface area contributed by atoms with E-state index in [0.29, 0.717) is 6.42 Å². The van der Waals surface area contributed by atoms with Gasteiger partial charge in [0.25, 0.3) is 0 Å². The van der Waals surface area contributed by atoms with Crippen LogP contribution in [0.4, 0.5) is 8.78 Å². The van der Waals surface area contributed by atoms with Crippen LogP contribution >= 0.6 is 7.60 Å². The summed E-state index contributed by atoms with van der Waals surface area (Å²) in [6.45, 7) is 4.51. The summed E-state index contributed by atoms with van der Waals surface area (Å²) >= 11 is 0. The smallest absolute Gasteiger partial charge is 0.386 e. The van der Waals surface area contributed by atoms with Crippen molar-refractivity contribution in [1.29, 1.82) is 0 Å². The molecule has 4 nitrogen and oxygen atoms in total. The molecule has 0 aliphatic heterocycles. The number of hydrogen-bond donors (Lipinski definition) is 1. The third-order valence-electron chi connectivity index (χ3n) is 2.45. The Balaban J connectivity index is 4.76. The second kappa shape index (κ2) is 8.20. The van der Waals surface area contributed by atoms with E-state index in [1.165, 1.54) is 13.8 Å². The van der Waals surface area contributed by atoms with E-state index in [1.54, 1.807) is 0 Å². The monoisotopic (exact) mass is 288 g/mol. The lowest BCUT2D eigenvalue weighted by molar-refractivity contribution is -0.0693. The van der Waals surface area contributed by atoms with Gasteiger partial charge in [-0.05, 0) is 20.3 Å². The highest BCUT2D eigenvalue weighted by molar-refractivity contribution is 7.55.